The van der Waals surface area contributed by atoms with Crippen LogP contribution in [0.2, 0.25) is 0 Å². The van der Waals surface area contributed by atoms with Crippen molar-refractivity contribution in [2.45, 2.75) is 52.2 Å². The average Bonchev–Trinajstić information content (AvgIpc) is 2.74. The predicted octanol–water partition coefficient (Wildman–Crippen LogP) is 3.38. The van der Waals surface area contributed by atoms with Crippen LogP contribution in [0.4, 0.5) is 22.2 Å². The highest BCUT2D eigenvalue weighted by atomic mass is 16.2. The maximum absolute atomic E-state index is 13.3. The third kappa shape index (κ3) is 3.94. The smallest absolute Gasteiger partial charge is 0.330 e. The number of para-hydroxylation sites is 1. The second kappa shape index (κ2) is 8.30. The first-order valence-corrected chi connectivity index (χ1v) is 10.5. The van der Waals surface area contributed by atoms with E-state index in [-0.39, 0.29) is 24.0 Å². The summed E-state index contributed by atoms with van der Waals surface area (Å²) in [7, 11) is 0. The number of carbonyl (C=O) groups excluding carboxylic acids is 2. The van der Waals surface area contributed by atoms with Crippen molar-refractivity contribution in [2.24, 2.45) is 0 Å². The van der Waals surface area contributed by atoms with Crippen molar-refractivity contribution in [3.8, 4) is 0 Å². The summed E-state index contributed by atoms with van der Waals surface area (Å²) < 4.78 is 0. The third-order valence-corrected chi connectivity index (χ3v) is 5.74. The maximum atomic E-state index is 13.3. The summed E-state index contributed by atoms with van der Waals surface area (Å²) >= 11 is 0. The molecule has 0 radical (unpaired) electrons. The highest BCUT2D eigenvalue weighted by molar-refractivity contribution is 6.00. The monoisotopic (exact) mass is 408 g/mol. The highest BCUT2D eigenvalue weighted by Gasteiger charge is 2.34. The largest absolute Gasteiger partial charge is 0.351 e. The van der Waals surface area contributed by atoms with Crippen LogP contribution in [0.15, 0.2) is 36.5 Å². The van der Waals surface area contributed by atoms with Crippen LogP contribution in [0.5, 0.6) is 0 Å². The topological polar surface area (TPSA) is 81.7 Å². The molecule has 3 heterocycles. The van der Waals surface area contributed by atoms with Crippen LogP contribution in [0.1, 0.15) is 39.2 Å². The normalized spacial score (nSPS) is 17.3. The molecule has 2 aliphatic heterocycles. The SMILES string of the molecule is CC(=O)N1CCC(Nc2ncc3c(n2)N(c2ccccc2)C(=O)N(C(C)C)C3)CC1. The number of amides is 3. The number of nitrogens with one attached hydrogen (secondary N) is 1. The fraction of sp³-hybridized carbons (Fsp3) is 0.455. The average molecular weight is 409 g/mol. The standard InChI is InChI=1S/C22H28N6O2/c1-15(2)27-14-17-13-23-21(24-18-9-11-26(12-10-18)16(3)29)25-20(17)28(22(27)30)19-7-5-4-6-8-19/h4-8,13,15,18H,9-12,14H2,1-3H3,(H,23,24,25). The lowest BCUT2D eigenvalue weighted by atomic mass is 10.1. The van der Waals surface area contributed by atoms with Gasteiger partial charge in [-0.1, -0.05) is 18.2 Å². The molecule has 0 unspecified atom stereocenters. The molecule has 1 aromatic carbocycles. The van der Waals surface area contributed by atoms with E-state index < -0.39 is 0 Å². The van der Waals surface area contributed by atoms with Gasteiger partial charge in [0.1, 0.15) is 0 Å². The van der Waals surface area contributed by atoms with Gasteiger partial charge in [0, 0.05) is 43.9 Å². The Balaban J connectivity index is 1.60. The number of carbonyl (C=O) groups is 2. The molecule has 1 saturated heterocycles. The van der Waals surface area contributed by atoms with Crippen LogP contribution >= 0.6 is 0 Å². The Bertz CT molecular complexity index is 924. The number of rotatable bonds is 4. The zero-order chi connectivity index (χ0) is 21.3. The first-order valence-electron chi connectivity index (χ1n) is 10.5. The molecule has 2 aromatic rings. The fourth-order valence-electron chi connectivity index (χ4n) is 3.98. The fourth-order valence-corrected chi connectivity index (χ4v) is 3.98. The molecule has 0 saturated carbocycles. The van der Waals surface area contributed by atoms with Crippen LogP contribution in [0, 0.1) is 0 Å². The predicted molar refractivity (Wildman–Crippen MR) is 116 cm³/mol. The van der Waals surface area contributed by atoms with Crippen LogP contribution in [-0.4, -0.2) is 56.9 Å². The van der Waals surface area contributed by atoms with Crippen molar-refractivity contribution in [3.63, 3.8) is 0 Å². The van der Waals surface area contributed by atoms with E-state index >= 15 is 0 Å². The van der Waals surface area contributed by atoms with Crippen LogP contribution in [-0.2, 0) is 11.3 Å². The molecule has 8 nitrogen and oxygen atoms in total. The number of nitrogens with zero attached hydrogens (tertiary/aromatic N) is 5. The van der Waals surface area contributed by atoms with Crippen LogP contribution in [0.3, 0.4) is 0 Å². The Kier molecular flexibility index (Phi) is 5.57. The molecular formula is C22H28N6O2. The summed E-state index contributed by atoms with van der Waals surface area (Å²) in [5.74, 6) is 1.26. The van der Waals surface area contributed by atoms with Gasteiger partial charge in [-0.15, -0.1) is 0 Å². The number of benzene rings is 1. The summed E-state index contributed by atoms with van der Waals surface area (Å²) in [6, 6.07) is 9.79. The molecule has 4 rings (SSSR count). The summed E-state index contributed by atoms with van der Waals surface area (Å²) in [5.41, 5.74) is 1.71. The Hall–Kier alpha value is -3.16. The molecule has 0 aliphatic carbocycles. The van der Waals surface area contributed by atoms with E-state index in [1.807, 2.05) is 60.2 Å². The molecule has 3 amide bonds. The number of fused-ring (bicyclic) bond motifs is 1. The summed E-state index contributed by atoms with van der Waals surface area (Å²) in [5, 5.41) is 3.40. The number of likely N-dealkylation sites (tertiary alicyclic amines) is 1. The molecular weight excluding hydrogens is 380 g/mol. The Morgan fingerprint density at radius 1 is 1.17 bits per heavy atom. The van der Waals surface area contributed by atoms with E-state index in [0.717, 1.165) is 37.2 Å². The van der Waals surface area contributed by atoms with Gasteiger partial charge < -0.3 is 15.1 Å². The molecule has 1 fully saturated rings. The first kappa shape index (κ1) is 20.1. The van der Waals surface area contributed by atoms with Gasteiger partial charge in [-0.25, -0.2) is 14.7 Å². The molecule has 30 heavy (non-hydrogen) atoms. The van der Waals surface area contributed by atoms with Gasteiger partial charge in [-0.2, -0.15) is 4.98 Å². The zero-order valence-electron chi connectivity index (χ0n) is 17.7. The number of piperidine rings is 1. The van der Waals surface area contributed by atoms with E-state index in [4.69, 9.17) is 4.98 Å². The van der Waals surface area contributed by atoms with Crippen molar-refractivity contribution in [1.82, 2.24) is 19.8 Å². The van der Waals surface area contributed by atoms with Gasteiger partial charge in [0.05, 0.1) is 12.2 Å². The van der Waals surface area contributed by atoms with E-state index in [1.54, 1.807) is 11.8 Å². The van der Waals surface area contributed by atoms with Crippen molar-refractivity contribution in [1.29, 1.82) is 0 Å². The molecule has 158 valence electrons. The molecule has 0 spiro atoms. The van der Waals surface area contributed by atoms with Gasteiger partial charge >= 0.3 is 6.03 Å². The highest BCUT2D eigenvalue weighted by Crippen LogP contribution is 2.34. The summed E-state index contributed by atoms with van der Waals surface area (Å²) in [4.78, 5) is 39.4. The minimum atomic E-state index is -0.0804. The zero-order valence-corrected chi connectivity index (χ0v) is 17.7. The summed E-state index contributed by atoms with van der Waals surface area (Å²) in [6.07, 6.45) is 3.51. The van der Waals surface area contributed by atoms with E-state index in [1.165, 1.54) is 0 Å². The number of anilines is 3. The third-order valence-electron chi connectivity index (χ3n) is 5.74. The van der Waals surface area contributed by atoms with Crippen molar-refractivity contribution in [3.05, 3.63) is 42.1 Å². The van der Waals surface area contributed by atoms with Crippen molar-refractivity contribution >= 4 is 29.4 Å². The van der Waals surface area contributed by atoms with E-state index in [2.05, 4.69) is 10.3 Å². The van der Waals surface area contributed by atoms with Gasteiger partial charge in [0.25, 0.3) is 0 Å². The molecule has 1 N–H and O–H groups in total. The van der Waals surface area contributed by atoms with Gasteiger partial charge in [0.15, 0.2) is 5.82 Å². The van der Waals surface area contributed by atoms with Gasteiger partial charge in [-0.05, 0) is 38.8 Å². The molecule has 0 atom stereocenters. The van der Waals surface area contributed by atoms with Crippen molar-refractivity contribution < 1.29 is 9.59 Å². The number of urea groups is 1. The van der Waals surface area contributed by atoms with Gasteiger partial charge in [0.2, 0.25) is 11.9 Å². The summed E-state index contributed by atoms with van der Waals surface area (Å²) in [6.45, 7) is 7.58. The second-order valence-corrected chi connectivity index (χ2v) is 8.14. The Labute approximate surface area is 176 Å². The van der Waals surface area contributed by atoms with Crippen LogP contribution in [0.25, 0.3) is 0 Å². The minimum absolute atomic E-state index is 0.0705. The van der Waals surface area contributed by atoms with E-state index in [0.29, 0.717) is 18.3 Å². The molecule has 8 heteroatoms. The minimum Gasteiger partial charge on any atom is -0.351 e. The first-order chi connectivity index (χ1) is 14.4. The lowest BCUT2D eigenvalue weighted by molar-refractivity contribution is -0.129. The lowest BCUT2D eigenvalue weighted by Crippen LogP contribution is -2.48. The Morgan fingerprint density at radius 2 is 1.87 bits per heavy atom. The number of hydrogen-bond donors (Lipinski definition) is 1. The van der Waals surface area contributed by atoms with Gasteiger partial charge in [-0.3, -0.25) is 4.79 Å². The quantitative estimate of drug-likeness (QED) is 0.839. The van der Waals surface area contributed by atoms with Crippen molar-refractivity contribution in [2.75, 3.05) is 23.3 Å². The molecule has 1 aromatic heterocycles. The number of aromatic nitrogens is 2. The van der Waals surface area contributed by atoms with E-state index in [9.17, 15) is 9.59 Å². The maximum Gasteiger partial charge on any atom is 0.330 e. The molecule has 2 aliphatic rings. The van der Waals surface area contributed by atoms with Crippen LogP contribution < -0.4 is 10.2 Å². The second-order valence-electron chi connectivity index (χ2n) is 8.14. The Morgan fingerprint density at radius 3 is 2.50 bits per heavy atom. The number of hydrogen-bond acceptors (Lipinski definition) is 5. The lowest BCUT2D eigenvalue weighted by Gasteiger charge is -2.38. The molecule has 0 bridgehead atoms.